The molecule has 3 rings (SSSR count). The lowest BCUT2D eigenvalue weighted by Gasteiger charge is -2.14. The standard InChI is InChI=1S/C17H15ClN2OS/c1-11(12-7-3-2-4-8-12)19-20-17(21)16-15(18)13-9-5-6-10-14(13)22-16/h2-11,19H,1H3,(H,20,21). The number of nitrogens with one attached hydrogen (secondary N) is 2. The zero-order valence-corrected chi connectivity index (χ0v) is 13.5. The second-order valence-corrected chi connectivity index (χ2v) is 6.40. The zero-order valence-electron chi connectivity index (χ0n) is 12.0. The lowest BCUT2D eigenvalue weighted by atomic mass is 10.1. The summed E-state index contributed by atoms with van der Waals surface area (Å²) < 4.78 is 1.01. The van der Waals surface area contributed by atoms with E-state index in [1.54, 1.807) is 0 Å². The molecule has 2 N–H and O–H groups in total. The molecule has 0 aliphatic rings. The van der Waals surface area contributed by atoms with Crippen molar-refractivity contribution in [2.75, 3.05) is 0 Å². The van der Waals surface area contributed by atoms with E-state index in [-0.39, 0.29) is 11.9 Å². The van der Waals surface area contributed by atoms with Crippen LogP contribution in [0.3, 0.4) is 0 Å². The number of thiophene rings is 1. The number of hydrogen-bond acceptors (Lipinski definition) is 3. The van der Waals surface area contributed by atoms with Crippen molar-refractivity contribution in [3.05, 3.63) is 70.1 Å². The molecule has 5 heteroatoms. The molecule has 0 aliphatic heterocycles. The summed E-state index contributed by atoms with van der Waals surface area (Å²) in [5.74, 6) is -0.214. The highest BCUT2D eigenvalue weighted by Crippen LogP contribution is 2.34. The number of amides is 1. The van der Waals surface area contributed by atoms with Crippen LogP contribution in [0.25, 0.3) is 10.1 Å². The molecule has 0 aliphatic carbocycles. The van der Waals surface area contributed by atoms with Gasteiger partial charge in [-0.3, -0.25) is 10.2 Å². The van der Waals surface area contributed by atoms with Crippen LogP contribution in [-0.4, -0.2) is 5.91 Å². The van der Waals surface area contributed by atoms with Crippen molar-refractivity contribution in [3.8, 4) is 0 Å². The highest BCUT2D eigenvalue weighted by Gasteiger charge is 2.17. The third-order valence-electron chi connectivity index (χ3n) is 3.44. The molecule has 0 saturated carbocycles. The Labute approximate surface area is 137 Å². The van der Waals surface area contributed by atoms with Gasteiger partial charge in [0.25, 0.3) is 5.91 Å². The third-order valence-corrected chi connectivity index (χ3v) is 5.12. The molecule has 3 aromatic rings. The smallest absolute Gasteiger partial charge is 0.277 e. The van der Waals surface area contributed by atoms with Crippen LogP contribution >= 0.6 is 22.9 Å². The average Bonchev–Trinajstić information content (AvgIpc) is 2.90. The maximum Gasteiger partial charge on any atom is 0.277 e. The van der Waals surface area contributed by atoms with Crippen molar-refractivity contribution in [2.45, 2.75) is 13.0 Å². The second kappa shape index (κ2) is 6.48. The normalized spacial score (nSPS) is 12.3. The maximum atomic E-state index is 12.3. The zero-order chi connectivity index (χ0) is 15.5. The molecule has 0 fully saturated rings. The molecule has 1 atom stereocenters. The van der Waals surface area contributed by atoms with Gasteiger partial charge in [-0.05, 0) is 18.6 Å². The predicted molar refractivity (Wildman–Crippen MR) is 92.3 cm³/mol. The molecule has 2 aromatic carbocycles. The van der Waals surface area contributed by atoms with Crippen LogP contribution in [0, 0.1) is 0 Å². The van der Waals surface area contributed by atoms with Crippen molar-refractivity contribution in [1.29, 1.82) is 0 Å². The molecule has 3 nitrogen and oxygen atoms in total. The van der Waals surface area contributed by atoms with Gasteiger partial charge in [0, 0.05) is 16.1 Å². The SMILES string of the molecule is CC(NNC(=O)c1sc2ccccc2c1Cl)c1ccccc1. The first-order valence-electron chi connectivity index (χ1n) is 6.94. The fourth-order valence-electron chi connectivity index (χ4n) is 2.22. The summed E-state index contributed by atoms with van der Waals surface area (Å²) in [6.45, 7) is 1.99. The summed E-state index contributed by atoms with van der Waals surface area (Å²) in [4.78, 5) is 12.8. The van der Waals surface area contributed by atoms with Crippen LogP contribution in [0.5, 0.6) is 0 Å². The highest BCUT2D eigenvalue weighted by atomic mass is 35.5. The first-order valence-corrected chi connectivity index (χ1v) is 8.14. The number of benzene rings is 2. The van der Waals surface area contributed by atoms with Gasteiger partial charge < -0.3 is 0 Å². The van der Waals surface area contributed by atoms with Crippen LogP contribution in [0.2, 0.25) is 5.02 Å². The Balaban J connectivity index is 1.72. The maximum absolute atomic E-state index is 12.3. The van der Waals surface area contributed by atoms with E-state index >= 15 is 0 Å². The Morgan fingerprint density at radius 1 is 1.09 bits per heavy atom. The summed E-state index contributed by atoms with van der Waals surface area (Å²) in [5, 5.41) is 1.42. The molecule has 1 heterocycles. The lowest BCUT2D eigenvalue weighted by molar-refractivity contribution is 0.0930. The summed E-state index contributed by atoms with van der Waals surface area (Å²) in [6.07, 6.45) is 0. The fraction of sp³-hybridized carbons (Fsp3) is 0.118. The molecule has 0 bridgehead atoms. The largest absolute Gasteiger partial charge is 0.286 e. The number of carbonyl (C=O) groups excluding carboxylic acids is 1. The second-order valence-electron chi connectivity index (χ2n) is 4.97. The number of carbonyl (C=O) groups is 1. The van der Waals surface area contributed by atoms with E-state index in [2.05, 4.69) is 10.9 Å². The topological polar surface area (TPSA) is 41.1 Å². The van der Waals surface area contributed by atoms with Gasteiger partial charge in [0.15, 0.2) is 0 Å². The van der Waals surface area contributed by atoms with Crippen LogP contribution < -0.4 is 10.9 Å². The Morgan fingerprint density at radius 2 is 1.77 bits per heavy atom. The molecule has 112 valence electrons. The van der Waals surface area contributed by atoms with Gasteiger partial charge in [0.05, 0.1) is 5.02 Å². The molecule has 0 saturated heterocycles. The van der Waals surface area contributed by atoms with Gasteiger partial charge in [-0.25, -0.2) is 5.43 Å². The van der Waals surface area contributed by atoms with E-state index in [1.807, 2.05) is 61.5 Å². The van der Waals surface area contributed by atoms with Crippen molar-refractivity contribution in [2.24, 2.45) is 0 Å². The summed E-state index contributed by atoms with van der Waals surface area (Å²) in [7, 11) is 0. The van der Waals surface area contributed by atoms with Crippen molar-refractivity contribution >= 4 is 38.9 Å². The first kappa shape index (κ1) is 15.0. The van der Waals surface area contributed by atoms with Gasteiger partial charge in [-0.1, -0.05) is 60.1 Å². The van der Waals surface area contributed by atoms with Crippen molar-refractivity contribution in [1.82, 2.24) is 10.9 Å². The quantitative estimate of drug-likeness (QED) is 0.689. The average molecular weight is 331 g/mol. The minimum Gasteiger partial charge on any atom is -0.286 e. The summed E-state index contributed by atoms with van der Waals surface area (Å²) in [5.41, 5.74) is 6.86. The Morgan fingerprint density at radius 3 is 2.50 bits per heavy atom. The Kier molecular flexibility index (Phi) is 4.43. The van der Waals surface area contributed by atoms with E-state index in [9.17, 15) is 4.79 Å². The van der Waals surface area contributed by atoms with Crippen LogP contribution in [-0.2, 0) is 0 Å². The number of halogens is 1. The van der Waals surface area contributed by atoms with E-state index in [1.165, 1.54) is 11.3 Å². The minimum atomic E-state index is -0.214. The number of fused-ring (bicyclic) bond motifs is 1. The Hall–Kier alpha value is -1.88. The van der Waals surface area contributed by atoms with Crippen LogP contribution in [0.15, 0.2) is 54.6 Å². The van der Waals surface area contributed by atoms with E-state index in [4.69, 9.17) is 11.6 Å². The Bertz CT molecular complexity index is 801. The van der Waals surface area contributed by atoms with Gasteiger partial charge in [-0.2, -0.15) is 0 Å². The molecular weight excluding hydrogens is 316 g/mol. The number of rotatable bonds is 4. The summed E-state index contributed by atoms with van der Waals surface area (Å²) >= 11 is 7.70. The molecule has 1 aromatic heterocycles. The van der Waals surface area contributed by atoms with E-state index in [0.717, 1.165) is 15.6 Å². The third kappa shape index (κ3) is 2.99. The van der Waals surface area contributed by atoms with E-state index in [0.29, 0.717) is 9.90 Å². The van der Waals surface area contributed by atoms with E-state index < -0.39 is 0 Å². The minimum absolute atomic E-state index is 0.0123. The molecular formula is C17H15ClN2OS. The van der Waals surface area contributed by atoms with Gasteiger partial charge in [0.1, 0.15) is 4.88 Å². The first-order chi connectivity index (χ1) is 10.7. The predicted octanol–water partition coefficient (Wildman–Crippen LogP) is 4.55. The van der Waals surface area contributed by atoms with Gasteiger partial charge >= 0.3 is 0 Å². The number of hydrazine groups is 1. The van der Waals surface area contributed by atoms with Crippen molar-refractivity contribution in [3.63, 3.8) is 0 Å². The van der Waals surface area contributed by atoms with Gasteiger partial charge in [-0.15, -0.1) is 11.3 Å². The van der Waals surface area contributed by atoms with Crippen LogP contribution in [0.4, 0.5) is 0 Å². The molecule has 0 spiro atoms. The number of hydrogen-bond donors (Lipinski definition) is 2. The molecule has 1 unspecified atom stereocenters. The van der Waals surface area contributed by atoms with Crippen molar-refractivity contribution < 1.29 is 4.79 Å². The summed E-state index contributed by atoms with van der Waals surface area (Å²) in [6, 6.07) is 17.7. The van der Waals surface area contributed by atoms with Crippen LogP contribution in [0.1, 0.15) is 28.2 Å². The highest BCUT2D eigenvalue weighted by molar-refractivity contribution is 7.21. The molecule has 1 amide bonds. The van der Waals surface area contributed by atoms with Gasteiger partial charge in [0.2, 0.25) is 0 Å². The monoisotopic (exact) mass is 330 g/mol. The molecule has 0 radical (unpaired) electrons. The lowest BCUT2D eigenvalue weighted by Crippen LogP contribution is -2.38. The molecule has 22 heavy (non-hydrogen) atoms. The fourth-order valence-corrected chi connectivity index (χ4v) is 3.63.